The molecular weight excluding hydrogens is 267 g/mol. The van der Waals surface area contributed by atoms with Crippen LogP contribution < -0.4 is 10.6 Å². The van der Waals surface area contributed by atoms with Crippen LogP contribution in [0.3, 0.4) is 0 Å². The summed E-state index contributed by atoms with van der Waals surface area (Å²) in [5.41, 5.74) is 2.11. The van der Waals surface area contributed by atoms with Crippen molar-refractivity contribution in [2.75, 3.05) is 13.1 Å². The van der Waals surface area contributed by atoms with E-state index in [1.54, 1.807) is 12.1 Å². The van der Waals surface area contributed by atoms with Crippen molar-refractivity contribution in [3.8, 4) is 0 Å². The lowest BCUT2D eigenvalue weighted by Gasteiger charge is -2.17. The molecule has 1 amide bonds. The molecule has 2 aliphatic rings. The third-order valence-corrected chi connectivity index (χ3v) is 3.93. The van der Waals surface area contributed by atoms with E-state index in [4.69, 9.17) is 0 Å². The van der Waals surface area contributed by atoms with E-state index in [-0.39, 0.29) is 36.1 Å². The maximum Gasteiger partial charge on any atom is 0.224 e. The zero-order valence-electron chi connectivity index (χ0n) is 10.6. The Balaban J connectivity index is 0.00000133. The van der Waals surface area contributed by atoms with Gasteiger partial charge in [-0.2, -0.15) is 0 Å². The smallest absolute Gasteiger partial charge is 0.224 e. The van der Waals surface area contributed by atoms with E-state index in [1.807, 2.05) is 0 Å². The average Bonchev–Trinajstić information content (AvgIpc) is 2.98. The van der Waals surface area contributed by atoms with Crippen molar-refractivity contribution in [2.45, 2.75) is 25.3 Å². The number of amides is 1. The minimum Gasteiger partial charge on any atom is -0.349 e. The summed E-state index contributed by atoms with van der Waals surface area (Å²) in [7, 11) is 0. The summed E-state index contributed by atoms with van der Waals surface area (Å²) in [5, 5.41) is 6.29. The van der Waals surface area contributed by atoms with Gasteiger partial charge in [-0.05, 0) is 49.1 Å². The zero-order valence-corrected chi connectivity index (χ0v) is 11.4. The number of fused-ring (bicyclic) bond motifs is 1. The van der Waals surface area contributed by atoms with Gasteiger partial charge in [-0.15, -0.1) is 12.4 Å². The van der Waals surface area contributed by atoms with Gasteiger partial charge in [-0.3, -0.25) is 4.79 Å². The fourth-order valence-corrected chi connectivity index (χ4v) is 2.90. The Kier molecular flexibility index (Phi) is 4.42. The number of halogens is 2. The molecule has 0 saturated carbocycles. The van der Waals surface area contributed by atoms with Crippen molar-refractivity contribution in [1.29, 1.82) is 0 Å². The van der Waals surface area contributed by atoms with Crippen LogP contribution >= 0.6 is 12.4 Å². The van der Waals surface area contributed by atoms with Gasteiger partial charge >= 0.3 is 0 Å². The topological polar surface area (TPSA) is 41.1 Å². The van der Waals surface area contributed by atoms with Gasteiger partial charge in [0.15, 0.2) is 0 Å². The summed E-state index contributed by atoms with van der Waals surface area (Å²) in [6, 6.07) is 4.92. The molecule has 1 aromatic rings. The normalized spacial score (nSPS) is 24.7. The maximum absolute atomic E-state index is 13.1. The second kappa shape index (κ2) is 5.88. The van der Waals surface area contributed by atoms with Crippen molar-refractivity contribution >= 4 is 18.3 Å². The zero-order chi connectivity index (χ0) is 12.5. The molecule has 2 unspecified atom stereocenters. The van der Waals surface area contributed by atoms with Crippen LogP contribution in [0.1, 0.15) is 30.0 Å². The molecule has 1 fully saturated rings. The lowest BCUT2D eigenvalue weighted by atomic mass is 10.1. The number of aryl methyl sites for hydroxylation is 1. The van der Waals surface area contributed by atoms with E-state index in [0.717, 1.165) is 43.5 Å². The van der Waals surface area contributed by atoms with E-state index in [9.17, 15) is 9.18 Å². The molecule has 2 N–H and O–H groups in total. The predicted octanol–water partition coefficient (Wildman–Crippen LogP) is 1.96. The van der Waals surface area contributed by atoms with Crippen LogP contribution in [-0.4, -0.2) is 19.0 Å². The van der Waals surface area contributed by atoms with Crippen LogP contribution in [0.2, 0.25) is 0 Å². The largest absolute Gasteiger partial charge is 0.349 e. The molecule has 3 nitrogen and oxygen atoms in total. The Morgan fingerprint density at radius 2 is 2.21 bits per heavy atom. The first-order chi connectivity index (χ1) is 8.74. The molecule has 2 atom stereocenters. The second-order valence-corrected chi connectivity index (χ2v) is 5.13. The molecule has 0 aromatic heterocycles. The second-order valence-electron chi connectivity index (χ2n) is 5.13. The van der Waals surface area contributed by atoms with Gasteiger partial charge in [0.2, 0.25) is 5.91 Å². The highest BCUT2D eigenvalue weighted by atomic mass is 35.5. The Bertz CT molecular complexity index is 475. The molecule has 0 spiro atoms. The highest BCUT2D eigenvalue weighted by Crippen LogP contribution is 2.31. The summed E-state index contributed by atoms with van der Waals surface area (Å²) < 4.78 is 13.1. The van der Waals surface area contributed by atoms with E-state index in [0.29, 0.717) is 0 Å². The molecule has 104 valence electrons. The Morgan fingerprint density at radius 1 is 1.37 bits per heavy atom. The van der Waals surface area contributed by atoms with Gasteiger partial charge in [-0.1, -0.05) is 6.07 Å². The highest BCUT2D eigenvalue weighted by molar-refractivity contribution is 5.85. The maximum atomic E-state index is 13.1. The first-order valence-corrected chi connectivity index (χ1v) is 6.53. The van der Waals surface area contributed by atoms with E-state index in [2.05, 4.69) is 10.6 Å². The van der Waals surface area contributed by atoms with Gasteiger partial charge in [0.25, 0.3) is 0 Å². The van der Waals surface area contributed by atoms with Crippen molar-refractivity contribution in [2.24, 2.45) is 5.92 Å². The molecule has 0 bridgehead atoms. The average molecular weight is 285 g/mol. The summed E-state index contributed by atoms with van der Waals surface area (Å²) in [5.74, 6) is 0.0254. The van der Waals surface area contributed by atoms with Crippen LogP contribution in [0.15, 0.2) is 18.2 Å². The van der Waals surface area contributed by atoms with Crippen LogP contribution in [-0.2, 0) is 11.2 Å². The first-order valence-electron chi connectivity index (χ1n) is 6.53. The number of carbonyl (C=O) groups is 1. The number of rotatable bonds is 2. The minimum atomic E-state index is -0.194. The third kappa shape index (κ3) is 2.90. The Morgan fingerprint density at radius 3 is 2.95 bits per heavy atom. The quantitative estimate of drug-likeness (QED) is 0.872. The fraction of sp³-hybridized carbons (Fsp3) is 0.500. The first kappa shape index (κ1) is 14.3. The Labute approximate surface area is 118 Å². The molecule has 0 radical (unpaired) electrons. The van der Waals surface area contributed by atoms with Crippen molar-refractivity contribution in [3.63, 3.8) is 0 Å². The van der Waals surface area contributed by atoms with Crippen LogP contribution in [0.5, 0.6) is 0 Å². The molecule has 1 aliphatic carbocycles. The SMILES string of the molecule is Cl.O=C(NC1CCc2cc(F)ccc21)C1CCNC1. The minimum absolute atomic E-state index is 0. The van der Waals surface area contributed by atoms with Crippen molar-refractivity contribution in [3.05, 3.63) is 35.1 Å². The van der Waals surface area contributed by atoms with Gasteiger partial charge in [0, 0.05) is 6.54 Å². The van der Waals surface area contributed by atoms with Crippen molar-refractivity contribution in [1.82, 2.24) is 10.6 Å². The van der Waals surface area contributed by atoms with Crippen LogP contribution in [0.4, 0.5) is 4.39 Å². The molecule has 1 saturated heterocycles. The molecular formula is C14H18ClFN2O. The standard InChI is InChI=1S/C14H17FN2O.ClH/c15-11-2-3-12-9(7-11)1-4-13(12)17-14(18)10-5-6-16-8-10;/h2-3,7,10,13,16H,1,4-6,8H2,(H,17,18);1H. The fourth-order valence-electron chi connectivity index (χ4n) is 2.90. The molecule has 5 heteroatoms. The van der Waals surface area contributed by atoms with Gasteiger partial charge in [0.1, 0.15) is 5.82 Å². The van der Waals surface area contributed by atoms with Crippen molar-refractivity contribution < 1.29 is 9.18 Å². The molecule has 1 aliphatic heterocycles. The lowest BCUT2D eigenvalue weighted by Crippen LogP contribution is -2.34. The number of hydrogen-bond donors (Lipinski definition) is 2. The summed E-state index contributed by atoms with van der Waals surface area (Å²) in [4.78, 5) is 12.1. The monoisotopic (exact) mass is 284 g/mol. The van der Waals surface area contributed by atoms with E-state index in [1.165, 1.54) is 6.07 Å². The summed E-state index contributed by atoms with van der Waals surface area (Å²) in [6.07, 6.45) is 2.64. The molecule has 1 aromatic carbocycles. The van der Waals surface area contributed by atoms with Crippen LogP contribution in [0.25, 0.3) is 0 Å². The summed E-state index contributed by atoms with van der Waals surface area (Å²) in [6.45, 7) is 1.69. The number of hydrogen-bond acceptors (Lipinski definition) is 2. The third-order valence-electron chi connectivity index (χ3n) is 3.93. The van der Waals surface area contributed by atoms with E-state index < -0.39 is 0 Å². The molecule has 3 rings (SSSR count). The summed E-state index contributed by atoms with van der Waals surface area (Å²) >= 11 is 0. The van der Waals surface area contributed by atoms with Gasteiger partial charge in [0.05, 0.1) is 12.0 Å². The Hall–Kier alpha value is -1.13. The van der Waals surface area contributed by atoms with Crippen LogP contribution in [0, 0.1) is 11.7 Å². The number of carbonyl (C=O) groups excluding carboxylic acids is 1. The molecule has 1 heterocycles. The lowest BCUT2D eigenvalue weighted by molar-refractivity contribution is -0.125. The number of nitrogens with one attached hydrogen (secondary N) is 2. The predicted molar refractivity (Wildman–Crippen MR) is 73.8 cm³/mol. The molecule has 19 heavy (non-hydrogen) atoms. The van der Waals surface area contributed by atoms with Gasteiger partial charge in [-0.25, -0.2) is 4.39 Å². The highest BCUT2D eigenvalue weighted by Gasteiger charge is 2.28. The van der Waals surface area contributed by atoms with E-state index >= 15 is 0 Å². The van der Waals surface area contributed by atoms with Gasteiger partial charge < -0.3 is 10.6 Å². The number of benzene rings is 1.